The molecule has 0 atom stereocenters. The van der Waals surface area contributed by atoms with Crippen LogP contribution in [0.5, 0.6) is 0 Å². The molecule has 19 heavy (non-hydrogen) atoms. The van der Waals surface area contributed by atoms with Crippen LogP contribution in [-0.4, -0.2) is 9.97 Å². The fraction of sp³-hybridized carbons (Fsp3) is 0. The average Bonchev–Trinajstić information content (AvgIpc) is 2.48. The Morgan fingerprint density at radius 2 is 2.00 bits per heavy atom. The summed E-state index contributed by atoms with van der Waals surface area (Å²) in [5.41, 5.74) is 1.52. The molecule has 3 rings (SSSR count). The van der Waals surface area contributed by atoms with E-state index in [1.807, 2.05) is 36.5 Å². The maximum Gasteiger partial charge on any atom is 0.130 e. The van der Waals surface area contributed by atoms with E-state index >= 15 is 0 Å². The van der Waals surface area contributed by atoms with Crippen molar-refractivity contribution < 1.29 is 0 Å². The molecule has 4 heteroatoms. The second-order valence-corrected chi connectivity index (χ2v) is 4.07. The number of fused-ring (bicyclic) bond motifs is 1. The topological polar surface area (TPSA) is 61.6 Å². The number of aromatic nitrogens is 2. The largest absolute Gasteiger partial charge is 0.340 e. The molecule has 90 valence electrons. The molecule has 0 aliphatic heterocycles. The second kappa shape index (κ2) is 4.75. The Morgan fingerprint density at radius 1 is 1.05 bits per heavy atom. The third-order valence-electron chi connectivity index (χ3n) is 2.84. The van der Waals surface area contributed by atoms with Gasteiger partial charge in [0.2, 0.25) is 0 Å². The van der Waals surface area contributed by atoms with Crippen molar-refractivity contribution >= 4 is 22.3 Å². The van der Waals surface area contributed by atoms with Gasteiger partial charge < -0.3 is 5.32 Å². The van der Waals surface area contributed by atoms with Crippen molar-refractivity contribution in [2.75, 3.05) is 5.32 Å². The van der Waals surface area contributed by atoms with Crippen molar-refractivity contribution in [3.63, 3.8) is 0 Å². The van der Waals surface area contributed by atoms with Gasteiger partial charge >= 0.3 is 0 Å². The van der Waals surface area contributed by atoms with Crippen molar-refractivity contribution in [2.24, 2.45) is 0 Å². The van der Waals surface area contributed by atoms with Crippen molar-refractivity contribution in [3.8, 4) is 6.07 Å². The Morgan fingerprint density at radius 3 is 2.79 bits per heavy atom. The van der Waals surface area contributed by atoms with Crippen LogP contribution in [0.1, 0.15) is 5.56 Å². The van der Waals surface area contributed by atoms with Crippen LogP contribution in [0.15, 0.2) is 55.0 Å². The van der Waals surface area contributed by atoms with Crippen molar-refractivity contribution in [2.45, 2.75) is 0 Å². The lowest BCUT2D eigenvalue weighted by atomic mass is 10.1. The molecule has 1 aromatic carbocycles. The standard InChI is InChI=1S/C15H10N4/c16-8-11-4-5-15(18-9-11)19-14-3-1-2-12-10-17-7-6-13(12)14/h1-7,9-10H,(H,18,19). The summed E-state index contributed by atoms with van der Waals surface area (Å²) in [5.74, 6) is 0.711. The molecule has 0 aliphatic rings. The quantitative estimate of drug-likeness (QED) is 0.754. The predicted molar refractivity (Wildman–Crippen MR) is 74.0 cm³/mol. The summed E-state index contributed by atoms with van der Waals surface area (Å²) in [7, 11) is 0. The molecule has 0 radical (unpaired) electrons. The van der Waals surface area contributed by atoms with E-state index in [0.717, 1.165) is 16.5 Å². The average molecular weight is 246 g/mol. The minimum Gasteiger partial charge on any atom is -0.340 e. The Labute approximate surface area is 110 Å². The maximum absolute atomic E-state index is 8.74. The Bertz CT molecular complexity index is 752. The van der Waals surface area contributed by atoms with Gasteiger partial charge in [-0.05, 0) is 24.3 Å². The van der Waals surface area contributed by atoms with Gasteiger partial charge in [-0.1, -0.05) is 12.1 Å². The van der Waals surface area contributed by atoms with Crippen LogP contribution in [0.2, 0.25) is 0 Å². The van der Waals surface area contributed by atoms with Crippen molar-refractivity contribution in [1.82, 2.24) is 9.97 Å². The number of benzene rings is 1. The molecule has 3 aromatic rings. The molecule has 0 amide bonds. The number of nitrogens with zero attached hydrogens (tertiary/aromatic N) is 3. The lowest BCUT2D eigenvalue weighted by molar-refractivity contribution is 1.29. The molecule has 0 aliphatic carbocycles. The van der Waals surface area contributed by atoms with Gasteiger partial charge in [0.05, 0.1) is 5.56 Å². The number of rotatable bonds is 2. The van der Waals surface area contributed by atoms with E-state index in [4.69, 9.17) is 5.26 Å². The number of hydrogen-bond donors (Lipinski definition) is 1. The van der Waals surface area contributed by atoms with Crippen LogP contribution in [0.4, 0.5) is 11.5 Å². The fourth-order valence-corrected chi connectivity index (χ4v) is 1.90. The maximum atomic E-state index is 8.74. The Balaban J connectivity index is 1.99. The Kier molecular flexibility index (Phi) is 2.79. The first-order valence-corrected chi connectivity index (χ1v) is 5.83. The van der Waals surface area contributed by atoms with E-state index in [1.165, 1.54) is 0 Å². The number of anilines is 2. The van der Waals surface area contributed by atoms with Gasteiger partial charge in [-0.15, -0.1) is 0 Å². The molecule has 2 aromatic heterocycles. The summed E-state index contributed by atoms with van der Waals surface area (Å²) >= 11 is 0. The molecule has 0 saturated heterocycles. The lowest BCUT2D eigenvalue weighted by Gasteiger charge is -2.08. The van der Waals surface area contributed by atoms with E-state index < -0.39 is 0 Å². The predicted octanol–water partition coefficient (Wildman–Crippen LogP) is 3.25. The number of pyridine rings is 2. The van der Waals surface area contributed by atoms with Crippen LogP contribution in [-0.2, 0) is 0 Å². The van der Waals surface area contributed by atoms with Gasteiger partial charge in [0, 0.05) is 35.1 Å². The molecule has 0 spiro atoms. The van der Waals surface area contributed by atoms with Crippen LogP contribution in [0.3, 0.4) is 0 Å². The first-order valence-electron chi connectivity index (χ1n) is 5.83. The highest BCUT2D eigenvalue weighted by atomic mass is 15.0. The summed E-state index contributed by atoms with van der Waals surface area (Å²) in [5, 5.41) is 14.1. The first kappa shape index (κ1) is 11.2. The normalized spacial score (nSPS) is 10.1. The molecular formula is C15H10N4. The zero-order valence-electron chi connectivity index (χ0n) is 10.0. The highest BCUT2D eigenvalue weighted by Gasteiger charge is 2.01. The van der Waals surface area contributed by atoms with Gasteiger partial charge in [-0.3, -0.25) is 4.98 Å². The molecular weight excluding hydrogens is 236 g/mol. The molecule has 4 nitrogen and oxygen atoms in total. The summed E-state index contributed by atoms with van der Waals surface area (Å²) in [6.07, 6.45) is 5.14. The van der Waals surface area contributed by atoms with E-state index in [2.05, 4.69) is 15.3 Å². The molecule has 0 bridgehead atoms. The number of hydrogen-bond acceptors (Lipinski definition) is 4. The molecule has 1 N–H and O–H groups in total. The third-order valence-corrected chi connectivity index (χ3v) is 2.84. The van der Waals surface area contributed by atoms with Gasteiger partial charge in [0.25, 0.3) is 0 Å². The van der Waals surface area contributed by atoms with Crippen LogP contribution in [0, 0.1) is 11.3 Å². The summed E-state index contributed by atoms with van der Waals surface area (Å²) < 4.78 is 0. The summed E-state index contributed by atoms with van der Waals surface area (Å²) in [6, 6.07) is 13.5. The van der Waals surface area contributed by atoms with Crippen LogP contribution < -0.4 is 5.32 Å². The minimum atomic E-state index is 0.549. The van der Waals surface area contributed by atoms with Crippen LogP contribution in [0.25, 0.3) is 10.8 Å². The monoisotopic (exact) mass is 246 g/mol. The second-order valence-electron chi connectivity index (χ2n) is 4.07. The molecule has 0 saturated carbocycles. The number of nitrogens with one attached hydrogen (secondary N) is 1. The van der Waals surface area contributed by atoms with Crippen molar-refractivity contribution in [3.05, 3.63) is 60.6 Å². The first-order chi connectivity index (χ1) is 9.36. The van der Waals surface area contributed by atoms with Gasteiger partial charge in [-0.25, -0.2) is 4.98 Å². The van der Waals surface area contributed by atoms with E-state index in [1.54, 1.807) is 24.5 Å². The smallest absolute Gasteiger partial charge is 0.130 e. The highest BCUT2D eigenvalue weighted by Crippen LogP contribution is 2.24. The minimum absolute atomic E-state index is 0.549. The Hall–Kier alpha value is -2.93. The van der Waals surface area contributed by atoms with E-state index in [9.17, 15) is 0 Å². The van der Waals surface area contributed by atoms with E-state index in [-0.39, 0.29) is 0 Å². The summed E-state index contributed by atoms with van der Waals surface area (Å²) in [4.78, 5) is 8.31. The zero-order chi connectivity index (χ0) is 13.1. The third kappa shape index (κ3) is 2.22. The van der Waals surface area contributed by atoms with E-state index in [0.29, 0.717) is 11.4 Å². The van der Waals surface area contributed by atoms with Crippen LogP contribution >= 0.6 is 0 Å². The highest BCUT2D eigenvalue weighted by molar-refractivity contribution is 5.94. The fourth-order valence-electron chi connectivity index (χ4n) is 1.90. The summed E-state index contributed by atoms with van der Waals surface area (Å²) in [6.45, 7) is 0. The lowest BCUT2D eigenvalue weighted by Crippen LogP contribution is -1.94. The SMILES string of the molecule is N#Cc1ccc(Nc2cccc3cnccc23)nc1. The van der Waals surface area contributed by atoms with Gasteiger partial charge in [0.15, 0.2) is 0 Å². The molecule has 2 heterocycles. The zero-order valence-corrected chi connectivity index (χ0v) is 10.0. The van der Waals surface area contributed by atoms with Gasteiger partial charge in [0.1, 0.15) is 11.9 Å². The molecule has 0 unspecified atom stereocenters. The van der Waals surface area contributed by atoms with Gasteiger partial charge in [-0.2, -0.15) is 5.26 Å². The van der Waals surface area contributed by atoms with Crippen molar-refractivity contribution in [1.29, 1.82) is 5.26 Å². The molecule has 0 fully saturated rings. The number of nitriles is 1.